The molecule has 2 rings (SSSR count). The van der Waals surface area contributed by atoms with E-state index in [0.29, 0.717) is 6.54 Å². The van der Waals surface area contributed by atoms with Crippen molar-refractivity contribution in [2.45, 2.75) is 6.54 Å². The summed E-state index contributed by atoms with van der Waals surface area (Å²) in [6.45, 7) is 5.03. The molecule has 0 aliphatic carbocycles. The van der Waals surface area contributed by atoms with E-state index in [1.54, 1.807) is 0 Å². The Bertz CT molecular complexity index is 534. The molecule has 2 N–H and O–H groups in total. The van der Waals surface area contributed by atoms with Crippen molar-refractivity contribution in [3.05, 3.63) is 48.7 Å². The fourth-order valence-electron chi connectivity index (χ4n) is 1.92. The second-order valence-electron chi connectivity index (χ2n) is 4.02. The van der Waals surface area contributed by atoms with Gasteiger partial charge in [0, 0.05) is 31.2 Å². The molecule has 88 valence electrons. The Morgan fingerprint density at radius 1 is 1.41 bits per heavy atom. The molecule has 0 saturated carbocycles. The maximum atomic E-state index is 5.68. The van der Waals surface area contributed by atoms with Crippen LogP contribution in [0.4, 0.5) is 5.69 Å². The number of likely N-dealkylation sites (N-methyl/N-ethyl adjacent to an activating group) is 1. The molecule has 0 bridgehead atoms. The number of anilines is 1. The summed E-state index contributed by atoms with van der Waals surface area (Å²) in [6.07, 6.45) is 1.89. The van der Waals surface area contributed by atoms with Gasteiger partial charge in [-0.1, -0.05) is 24.3 Å². The number of rotatable bonds is 4. The third kappa shape index (κ3) is 2.29. The molecule has 1 aromatic carbocycles. The van der Waals surface area contributed by atoms with E-state index in [-0.39, 0.29) is 0 Å². The van der Waals surface area contributed by atoms with E-state index in [2.05, 4.69) is 22.5 Å². The van der Waals surface area contributed by atoms with Gasteiger partial charge in [0.1, 0.15) is 0 Å². The minimum absolute atomic E-state index is 0.458. The highest BCUT2D eigenvalue weighted by Crippen LogP contribution is 2.25. The number of nitrogens with zero attached hydrogens (tertiary/aromatic N) is 2. The van der Waals surface area contributed by atoms with Crippen molar-refractivity contribution in [2.75, 3.05) is 18.5 Å². The summed E-state index contributed by atoms with van der Waals surface area (Å²) in [5, 5.41) is 1.15. The summed E-state index contributed by atoms with van der Waals surface area (Å²) in [5.41, 5.74) is 8.73. The summed E-state index contributed by atoms with van der Waals surface area (Å²) >= 11 is 0. The van der Waals surface area contributed by atoms with Gasteiger partial charge in [-0.05, 0) is 12.1 Å². The van der Waals surface area contributed by atoms with Crippen molar-refractivity contribution >= 4 is 16.6 Å². The van der Waals surface area contributed by atoms with Gasteiger partial charge in [0.2, 0.25) is 0 Å². The average Bonchev–Trinajstić information content (AvgIpc) is 2.37. The molecule has 0 unspecified atom stereocenters. The molecule has 0 saturated heterocycles. The normalized spacial score (nSPS) is 10.5. The first-order chi connectivity index (χ1) is 8.26. The number of benzene rings is 1. The summed E-state index contributed by atoms with van der Waals surface area (Å²) in [6, 6.07) is 10.2. The molecule has 1 aromatic heterocycles. The predicted molar refractivity (Wildman–Crippen MR) is 73.1 cm³/mol. The lowest BCUT2D eigenvalue weighted by molar-refractivity contribution is 0.985. The molecule has 0 spiro atoms. The number of hydrogen-bond donors (Lipinski definition) is 1. The molecule has 0 aliphatic rings. The first-order valence-electron chi connectivity index (χ1n) is 5.67. The maximum absolute atomic E-state index is 5.68. The van der Waals surface area contributed by atoms with Gasteiger partial charge in [-0.15, -0.1) is 6.58 Å². The molecule has 2 aromatic rings. The molecule has 0 fully saturated rings. The summed E-state index contributed by atoms with van der Waals surface area (Å²) in [4.78, 5) is 6.67. The van der Waals surface area contributed by atoms with Crippen LogP contribution in [0, 0.1) is 0 Å². The molecule has 0 radical (unpaired) electrons. The van der Waals surface area contributed by atoms with Crippen LogP contribution in [0.15, 0.2) is 43.0 Å². The van der Waals surface area contributed by atoms with Crippen LogP contribution in [0.5, 0.6) is 0 Å². The lowest BCUT2D eigenvalue weighted by Crippen LogP contribution is -2.17. The highest BCUT2D eigenvalue weighted by atomic mass is 15.1. The maximum Gasteiger partial charge on any atom is 0.0726 e. The average molecular weight is 227 g/mol. The second-order valence-corrected chi connectivity index (χ2v) is 4.02. The number of pyridine rings is 1. The molecule has 0 atom stereocenters. The van der Waals surface area contributed by atoms with Crippen LogP contribution in [0.3, 0.4) is 0 Å². The number of aromatic nitrogens is 1. The van der Waals surface area contributed by atoms with Crippen LogP contribution >= 0.6 is 0 Å². The molecule has 0 aliphatic heterocycles. The van der Waals surface area contributed by atoms with Gasteiger partial charge in [0.15, 0.2) is 0 Å². The van der Waals surface area contributed by atoms with Crippen LogP contribution in [-0.4, -0.2) is 18.6 Å². The number of nitrogens with two attached hydrogens (primary N) is 1. The minimum Gasteiger partial charge on any atom is -0.370 e. The van der Waals surface area contributed by atoms with Crippen molar-refractivity contribution in [3.63, 3.8) is 0 Å². The Balaban J connectivity index is 2.61. The first-order valence-corrected chi connectivity index (χ1v) is 5.67. The summed E-state index contributed by atoms with van der Waals surface area (Å²) in [5.74, 6) is 0. The Labute approximate surface area is 102 Å². The number of para-hydroxylation sites is 1. The van der Waals surface area contributed by atoms with Crippen molar-refractivity contribution in [2.24, 2.45) is 5.73 Å². The lowest BCUT2D eigenvalue weighted by Gasteiger charge is -2.20. The Hall–Kier alpha value is -1.87. The van der Waals surface area contributed by atoms with Crippen LogP contribution in [0.25, 0.3) is 10.9 Å². The zero-order chi connectivity index (χ0) is 12.3. The molecule has 3 nitrogen and oxygen atoms in total. The van der Waals surface area contributed by atoms with E-state index in [0.717, 1.165) is 28.8 Å². The van der Waals surface area contributed by atoms with Crippen LogP contribution < -0.4 is 10.6 Å². The molecule has 3 heteroatoms. The Morgan fingerprint density at radius 2 is 2.18 bits per heavy atom. The van der Waals surface area contributed by atoms with E-state index in [1.807, 2.05) is 37.4 Å². The van der Waals surface area contributed by atoms with Crippen molar-refractivity contribution in [1.29, 1.82) is 0 Å². The standard InChI is InChI=1S/C14H17N3/c1-3-8-17(2)14-9-11(10-15)16-13-7-5-4-6-12(13)14/h3-7,9H,1,8,10,15H2,2H3. The van der Waals surface area contributed by atoms with Crippen molar-refractivity contribution in [1.82, 2.24) is 4.98 Å². The van der Waals surface area contributed by atoms with Gasteiger partial charge < -0.3 is 10.6 Å². The second kappa shape index (κ2) is 4.97. The molecule has 1 heterocycles. The van der Waals surface area contributed by atoms with E-state index in [9.17, 15) is 0 Å². The highest BCUT2D eigenvalue weighted by Gasteiger charge is 2.07. The Morgan fingerprint density at radius 3 is 2.88 bits per heavy atom. The largest absolute Gasteiger partial charge is 0.370 e. The topological polar surface area (TPSA) is 42.1 Å². The third-order valence-electron chi connectivity index (χ3n) is 2.77. The van der Waals surface area contributed by atoms with Crippen molar-refractivity contribution in [3.8, 4) is 0 Å². The summed E-state index contributed by atoms with van der Waals surface area (Å²) in [7, 11) is 2.05. The van der Waals surface area contributed by atoms with E-state index in [4.69, 9.17) is 5.73 Å². The fraction of sp³-hybridized carbons (Fsp3) is 0.214. The SMILES string of the molecule is C=CCN(C)c1cc(CN)nc2ccccc12. The summed E-state index contributed by atoms with van der Waals surface area (Å²) < 4.78 is 0. The van der Waals surface area contributed by atoms with E-state index < -0.39 is 0 Å². The predicted octanol–water partition coefficient (Wildman–Crippen LogP) is 2.32. The lowest BCUT2D eigenvalue weighted by atomic mass is 10.1. The minimum atomic E-state index is 0.458. The number of hydrogen-bond acceptors (Lipinski definition) is 3. The van der Waals surface area contributed by atoms with Gasteiger partial charge in [0.05, 0.1) is 11.2 Å². The molecule has 0 amide bonds. The van der Waals surface area contributed by atoms with Crippen LogP contribution in [0.1, 0.15) is 5.69 Å². The zero-order valence-electron chi connectivity index (χ0n) is 10.1. The quantitative estimate of drug-likeness (QED) is 0.815. The Kier molecular flexibility index (Phi) is 3.40. The van der Waals surface area contributed by atoms with Gasteiger partial charge in [-0.25, -0.2) is 0 Å². The van der Waals surface area contributed by atoms with Gasteiger partial charge in [0.25, 0.3) is 0 Å². The van der Waals surface area contributed by atoms with Crippen LogP contribution in [0.2, 0.25) is 0 Å². The van der Waals surface area contributed by atoms with E-state index >= 15 is 0 Å². The molecule has 17 heavy (non-hydrogen) atoms. The first kappa shape index (κ1) is 11.6. The fourth-order valence-corrected chi connectivity index (χ4v) is 1.92. The zero-order valence-corrected chi connectivity index (χ0v) is 10.1. The molecular weight excluding hydrogens is 210 g/mol. The van der Waals surface area contributed by atoms with Gasteiger partial charge >= 0.3 is 0 Å². The van der Waals surface area contributed by atoms with E-state index in [1.165, 1.54) is 0 Å². The highest BCUT2D eigenvalue weighted by molar-refractivity contribution is 5.91. The van der Waals surface area contributed by atoms with Gasteiger partial charge in [-0.3, -0.25) is 4.98 Å². The van der Waals surface area contributed by atoms with Crippen molar-refractivity contribution < 1.29 is 0 Å². The molecular formula is C14H17N3. The smallest absolute Gasteiger partial charge is 0.0726 e. The third-order valence-corrected chi connectivity index (χ3v) is 2.77. The monoisotopic (exact) mass is 227 g/mol. The van der Waals surface area contributed by atoms with Gasteiger partial charge in [-0.2, -0.15) is 0 Å². The number of fused-ring (bicyclic) bond motifs is 1. The van der Waals surface area contributed by atoms with Crippen LogP contribution in [-0.2, 0) is 6.54 Å².